The smallest absolute Gasteiger partial charge is 0.145 e. The van der Waals surface area contributed by atoms with E-state index in [1.54, 1.807) is 6.92 Å². The first kappa shape index (κ1) is 11.8. The second kappa shape index (κ2) is 6.35. The zero-order chi connectivity index (χ0) is 9.56. The Hall–Kier alpha value is -0.180. The standard InChI is InChI=1S/C9H18O2S/c1-4-5-6-7-12(11)9(3)8(2)10/h9H,4-7H2,1-3H3. The second-order valence-corrected chi connectivity index (χ2v) is 4.92. The van der Waals surface area contributed by atoms with Crippen LogP contribution >= 0.6 is 0 Å². The lowest BCUT2D eigenvalue weighted by Crippen LogP contribution is -2.21. The molecule has 0 radical (unpaired) electrons. The monoisotopic (exact) mass is 190 g/mol. The van der Waals surface area contributed by atoms with Crippen LogP contribution in [0.5, 0.6) is 0 Å². The van der Waals surface area contributed by atoms with E-state index in [4.69, 9.17) is 0 Å². The lowest BCUT2D eigenvalue weighted by atomic mass is 10.3. The van der Waals surface area contributed by atoms with Gasteiger partial charge in [0.1, 0.15) is 5.78 Å². The Labute approximate surface area is 77.2 Å². The molecule has 0 N–H and O–H groups in total. The number of hydrogen-bond donors (Lipinski definition) is 0. The molecule has 2 unspecified atom stereocenters. The summed E-state index contributed by atoms with van der Waals surface area (Å²) < 4.78 is 11.3. The van der Waals surface area contributed by atoms with Crippen molar-refractivity contribution in [1.29, 1.82) is 0 Å². The third kappa shape index (κ3) is 4.65. The molecule has 0 amide bonds. The number of carbonyl (C=O) groups excluding carboxylic acids is 1. The molecule has 0 aliphatic rings. The molecule has 0 rings (SSSR count). The van der Waals surface area contributed by atoms with E-state index in [0.717, 1.165) is 19.3 Å². The van der Waals surface area contributed by atoms with Crippen molar-refractivity contribution in [1.82, 2.24) is 0 Å². The summed E-state index contributed by atoms with van der Waals surface area (Å²) in [6.07, 6.45) is 3.21. The van der Waals surface area contributed by atoms with Crippen LogP contribution in [-0.4, -0.2) is 21.0 Å². The van der Waals surface area contributed by atoms with Gasteiger partial charge >= 0.3 is 0 Å². The molecule has 0 saturated heterocycles. The minimum absolute atomic E-state index is 0.0323. The fourth-order valence-electron chi connectivity index (χ4n) is 0.856. The van der Waals surface area contributed by atoms with E-state index >= 15 is 0 Å². The van der Waals surface area contributed by atoms with Crippen LogP contribution in [0, 0.1) is 0 Å². The molecule has 0 heterocycles. The second-order valence-electron chi connectivity index (χ2n) is 3.04. The molecule has 0 fully saturated rings. The highest BCUT2D eigenvalue weighted by Crippen LogP contribution is 2.02. The van der Waals surface area contributed by atoms with E-state index in [2.05, 4.69) is 6.92 Å². The highest BCUT2D eigenvalue weighted by Gasteiger charge is 2.14. The summed E-state index contributed by atoms with van der Waals surface area (Å²) in [5.41, 5.74) is 0. The Morgan fingerprint density at radius 2 is 2.00 bits per heavy atom. The summed E-state index contributed by atoms with van der Waals surface area (Å²) in [6.45, 7) is 5.35. The lowest BCUT2D eigenvalue weighted by molar-refractivity contribution is -0.116. The minimum atomic E-state index is -0.946. The largest absolute Gasteiger partial charge is 0.299 e. The maximum atomic E-state index is 11.3. The van der Waals surface area contributed by atoms with Crippen molar-refractivity contribution in [2.45, 2.75) is 45.3 Å². The Balaban J connectivity index is 3.65. The van der Waals surface area contributed by atoms with Gasteiger partial charge in [-0.1, -0.05) is 19.8 Å². The van der Waals surface area contributed by atoms with Crippen molar-refractivity contribution in [3.05, 3.63) is 0 Å². The molecule has 3 heteroatoms. The molecule has 0 aromatic carbocycles. The van der Waals surface area contributed by atoms with E-state index in [0.29, 0.717) is 5.75 Å². The van der Waals surface area contributed by atoms with Crippen LogP contribution in [0.2, 0.25) is 0 Å². The maximum Gasteiger partial charge on any atom is 0.145 e. The molecule has 12 heavy (non-hydrogen) atoms. The molecular formula is C9H18O2S. The number of hydrogen-bond acceptors (Lipinski definition) is 2. The van der Waals surface area contributed by atoms with Crippen LogP contribution < -0.4 is 0 Å². The van der Waals surface area contributed by atoms with Gasteiger partial charge in [0, 0.05) is 16.6 Å². The van der Waals surface area contributed by atoms with Crippen molar-refractivity contribution >= 4 is 16.6 Å². The number of carbonyl (C=O) groups is 1. The van der Waals surface area contributed by atoms with Gasteiger partial charge in [-0.15, -0.1) is 0 Å². The third-order valence-electron chi connectivity index (χ3n) is 1.92. The first-order valence-electron chi connectivity index (χ1n) is 4.47. The molecule has 0 aromatic heterocycles. The summed E-state index contributed by atoms with van der Waals surface area (Å²) in [7, 11) is -0.946. The molecule has 0 spiro atoms. The lowest BCUT2D eigenvalue weighted by Gasteiger charge is -2.06. The minimum Gasteiger partial charge on any atom is -0.299 e. The van der Waals surface area contributed by atoms with Gasteiger partial charge in [0.05, 0.1) is 5.25 Å². The van der Waals surface area contributed by atoms with Crippen LogP contribution in [-0.2, 0) is 15.6 Å². The molecule has 0 saturated carbocycles. The summed E-state index contributed by atoms with van der Waals surface area (Å²) in [6, 6.07) is 0. The van der Waals surface area contributed by atoms with Gasteiger partial charge in [-0.05, 0) is 20.3 Å². The van der Waals surface area contributed by atoms with Gasteiger partial charge in [-0.2, -0.15) is 0 Å². The van der Waals surface area contributed by atoms with E-state index in [-0.39, 0.29) is 11.0 Å². The number of ketones is 1. The number of rotatable bonds is 6. The zero-order valence-electron chi connectivity index (χ0n) is 8.13. The molecule has 0 bridgehead atoms. The van der Waals surface area contributed by atoms with E-state index < -0.39 is 10.8 Å². The van der Waals surface area contributed by atoms with Gasteiger partial charge in [0.25, 0.3) is 0 Å². The predicted molar refractivity (Wildman–Crippen MR) is 52.7 cm³/mol. The van der Waals surface area contributed by atoms with E-state index in [9.17, 15) is 9.00 Å². The SMILES string of the molecule is CCCCCS(=O)C(C)C(C)=O. The van der Waals surface area contributed by atoms with Crippen LogP contribution in [0.3, 0.4) is 0 Å². The van der Waals surface area contributed by atoms with E-state index in [1.807, 2.05) is 0 Å². The van der Waals surface area contributed by atoms with Crippen LogP contribution in [0.25, 0.3) is 0 Å². The average Bonchev–Trinajstić information content (AvgIpc) is 2.03. The molecule has 0 aromatic rings. The van der Waals surface area contributed by atoms with Gasteiger partial charge in [0.15, 0.2) is 0 Å². The fraction of sp³-hybridized carbons (Fsp3) is 0.889. The Kier molecular flexibility index (Phi) is 6.25. The zero-order valence-corrected chi connectivity index (χ0v) is 8.95. The Morgan fingerprint density at radius 3 is 2.42 bits per heavy atom. The summed E-state index contributed by atoms with van der Waals surface area (Å²) in [5.74, 6) is 0.707. The Morgan fingerprint density at radius 1 is 1.42 bits per heavy atom. The van der Waals surface area contributed by atoms with Crippen LogP contribution in [0.15, 0.2) is 0 Å². The molecule has 0 aliphatic carbocycles. The summed E-state index contributed by atoms with van der Waals surface area (Å²) in [5, 5.41) is -0.276. The molecule has 72 valence electrons. The van der Waals surface area contributed by atoms with Crippen molar-refractivity contribution in [3.8, 4) is 0 Å². The average molecular weight is 190 g/mol. The third-order valence-corrected chi connectivity index (χ3v) is 3.73. The normalized spacial score (nSPS) is 15.6. The highest BCUT2D eigenvalue weighted by atomic mass is 32.2. The molecule has 2 nitrogen and oxygen atoms in total. The first-order valence-corrected chi connectivity index (χ1v) is 5.85. The first-order chi connectivity index (χ1) is 5.59. The Bertz CT molecular complexity index is 166. The number of unbranched alkanes of at least 4 members (excludes halogenated alkanes) is 2. The highest BCUT2D eigenvalue weighted by molar-refractivity contribution is 7.86. The topological polar surface area (TPSA) is 34.1 Å². The van der Waals surface area contributed by atoms with Gasteiger partial charge in [-0.3, -0.25) is 9.00 Å². The molecular weight excluding hydrogens is 172 g/mol. The van der Waals surface area contributed by atoms with Gasteiger partial charge in [0.2, 0.25) is 0 Å². The van der Waals surface area contributed by atoms with Crippen molar-refractivity contribution in [2.75, 3.05) is 5.75 Å². The number of Topliss-reactive ketones (excluding diaryl/α,β-unsaturated/α-hetero) is 1. The summed E-state index contributed by atoms with van der Waals surface area (Å²) >= 11 is 0. The van der Waals surface area contributed by atoms with Crippen LogP contribution in [0.4, 0.5) is 0 Å². The molecule has 2 atom stereocenters. The molecule has 0 aliphatic heterocycles. The van der Waals surface area contributed by atoms with Gasteiger partial charge < -0.3 is 0 Å². The van der Waals surface area contributed by atoms with Crippen LogP contribution in [0.1, 0.15) is 40.0 Å². The van der Waals surface area contributed by atoms with E-state index in [1.165, 1.54) is 6.92 Å². The quantitative estimate of drug-likeness (QED) is 0.599. The maximum absolute atomic E-state index is 11.3. The van der Waals surface area contributed by atoms with Crippen molar-refractivity contribution in [2.24, 2.45) is 0 Å². The predicted octanol–water partition coefficient (Wildman–Crippen LogP) is 1.90. The van der Waals surface area contributed by atoms with Gasteiger partial charge in [-0.25, -0.2) is 0 Å². The fourth-order valence-corrected chi connectivity index (χ4v) is 2.07. The summed E-state index contributed by atoms with van der Waals surface area (Å²) in [4.78, 5) is 10.8. The van der Waals surface area contributed by atoms with Crippen molar-refractivity contribution in [3.63, 3.8) is 0 Å². The van der Waals surface area contributed by atoms with Crippen molar-refractivity contribution < 1.29 is 9.00 Å².